The third-order valence-corrected chi connectivity index (χ3v) is 6.60. The Morgan fingerprint density at radius 3 is 2.32 bits per heavy atom. The van der Waals surface area contributed by atoms with Crippen molar-refractivity contribution in [3.05, 3.63) is 84.2 Å². The van der Waals surface area contributed by atoms with Crippen molar-refractivity contribution < 1.29 is 27.1 Å². The Morgan fingerprint density at radius 2 is 1.68 bits per heavy atom. The molecular formula is C25H27FN2O5S. The number of anilines is 1. The van der Waals surface area contributed by atoms with Gasteiger partial charge in [-0.1, -0.05) is 12.1 Å². The van der Waals surface area contributed by atoms with E-state index in [2.05, 4.69) is 5.32 Å². The normalized spacial score (nSPS) is 11.0. The van der Waals surface area contributed by atoms with Gasteiger partial charge >= 0.3 is 0 Å². The Labute approximate surface area is 199 Å². The monoisotopic (exact) mass is 486 g/mol. The number of carbonyl (C=O) groups is 1. The van der Waals surface area contributed by atoms with Crippen LogP contribution < -0.4 is 19.1 Å². The van der Waals surface area contributed by atoms with E-state index in [-0.39, 0.29) is 23.7 Å². The summed E-state index contributed by atoms with van der Waals surface area (Å²) >= 11 is 0. The van der Waals surface area contributed by atoms with Crippen LogP contribution in [0.2, 0.25) is 0 Å². The molecule has 7 nitrogen and oxygen atoms in total. The van der Waals surface area contributed by atoms with Gasteiger partial charge in [0.1, 0.15) is 30.5 Å². The summed E-state index contributed by atoms with van der Waals surface area (Å²) in [7, 11) is -4.14. The molecule has 0 saturated heterocycles. The number of benzene rings is 3. The lowest BCUT2D eigenvalue weighted by Gasteiger charge is -2.24. The zero-order valence-electron chi connectivity index (χ0n) is 19.0. The van der Waals surface area contributed by atoms with Crippen LogP contribution in [0.25, 0.3) is 0 Å². The number of nitrogens with zero attached hydrogens (tertiary/aromatic N) is 1. The first-order valence-electron chi connectivity index (χ1n) is 10.8. The number of hydrogen-bond acceptors (Lipinski definition) is 5. The van der Waals surface area contributed by atoms with Gasteiger partial charge in [0.2, 0.25) is 5.91 Å². The molecule has 180 valence electrons. The van der Waals surface area contributed by atoms with Crippen molar-refractivity contribution in [3.63, 3.8) is 0 Å². The van der Waals surface area contributed by atoms with Gasteiger partial charge < -0.3 is 14.8 Å². The van der Waals surface area contributed by atoms with Crippen molar-refractivity contribution in [2.75, 3.05) is 30.6 Å². The van der Waals surface area contributed by atoms with Crippen LogP contribution in [0.5, 0.6) is 11.5 Å². The molecule has 0 saturated carbocycles. The fourth-order valence-corrected chi connectivity index (χ4v) is 4.60. The molecule has 0 bridgehead atoms. The third-order valence-electron chi connectivity index (χ3n) is 4.81. The molecule has 0 radical (unpaired) electrons. The topological polar surface area (TPSA) is 84.9 Å². The van der Waals surface area contributed by atoms with Crippen molar-refractivity contribution >= 4 is 21.6 Å². The average molecular weight is 487 g/mol. The van der Waals surface area contributed by atoms with Crippen LogP contribution in [0.1, 0.15) is 12.5 Å². The summed E-state index contributed by atoms with van der Waals surface area (Å²) in [6.07, 6.45) is 0. The van der Waals surface area contributed by atoms with Crippen LogP contribution in [0.4, 0.5) is 10.1 Å². The van der Waals surface area contributed by atoms with Crippen LogP contribution >= 0.6 is 0 Å². The van der Waals surface area contributed by atoms with Crippen LogP contribution in [0.15, 0.2) is 77.7 Å². The first kappa shape index (κ1) is 25.0. The maximum Gasteiger partial charge on any atom is 0.264 e. The second kappa shape index (κ2) is 11.5. The van der Waals surface area contributed by atoms with Gasteiger partial charge in [-0.25, -0.2) is 12.8 Å². The van der Waals surface area contributed by atoms with E-state index in [1.54, 1.807) is 24.3 Å². The van der Waals surface area contributed by atoms with Crippen LogP contribution in [0.3, 0.4) is 0 Å². The number of aryl methyl sites for hydroxylation is 1. The molecule has 0 heterocycles. The summed E-state index contributed by atoms with van der Waals surface area (Å²) < 4.78 is 52.0. The first-order chi connectivity index (χ1) is 16.3. The molecular weight excluding hydrogens is 459 g/mol. The summed E-state index contributed by atoms with van der Waals surface area (Å²) in [4.78, 5) is 12.5. The van der Waals surface area contributed by atoms with Gasteiger partial charge in [0.05, 0.1) is 23.7 Å². The van der Waals surface area contributed by atoms with Gasteiger partial charge in [-0.3, -0.25) is 9.10 Å². The smallest absolute Gasteiger partial charge is 0.264 e. The first-order valence-corrected chi connectivity index (χ1v) is 12.2. The van der Waals surface area contributed by atoms with Gasteiger partial charge in [0, 0.05) is 0 Å². The Bertz CT molecular complexity index is 1200. The van der Waals surface area contributed by atoms with Crippen molar-refractivity contribution in [1.82, 2.24) is 5.32 Å². The Kier molecular flexibility index (Phi) is 8.48. The average Bonchev–Trinajstić information content (AvgIpc) is 2.81. The predicted molar refractivity (Wildman–Crippen MR) is 128 cm³/mol. The second-order valence-corrected chi connectivity index (χ2v) is 9.27. The van der Waals surface area contributed by atoms with Crippen molar-refractivity contribution in [2.45, 2.75) is 18.7 Å². The second-order valence-electron chi connectivity index (χ2n) is 7.41. The molecule has 3 rings (SSSR count). The molecule has 34 heavy (non-hydrogen) atoms. The van der Waals surface area contributed by atoms with E-state index in [1.807, 2.05) is 38.1 Å². The molecule has 9 heteroatoms. The molecule has 0 aliphatic heterocycles. The third kappa shape index (κ3) is 6.71. The fourth-order valence-electron chi connectivity index (χ4n) is 3.17. The summed E-state index contributed by atoms with van der Waals surface area (Å²) in [6.45, 7) is 4.21. The lowest BCUT2D eigenvalue weighted by molar-refractivity contribution is -0.119. The van der Waals surface area contributed by atoms with E-state index >= 15 is 0 Å². The molecule has 1 amide bonds. The molecule has 0 aromatic heterocycles. The van der Waals surface area contributed by atoms with E-state index in [1.165, 1.54) is 12.1 Å². The molecule has 0 aliphatic rings. The van der Waals surface area contributed by atoms with E-state index in [4.69, 9.17) is 9.47 Å². The molecule has 1 N–H and O–H groups in total. The van der Waals surface area contributed by atoms with Crippen molar-refractivity contribution in [2.24, 2.45) is 0 Å². The number of rotatable bonds is 11. The van der Waals surface area contributed by atoms with Crippen LogP contribution in [0, 0.1) is 12.7 Å². The number of halogens is 1. The van der Waals surface area contributed by atoms with Gasteiger partial charge in [0.15, 0.2) is 0 Å². The minimum atomic E-state index is -4.14. The maximum atomic E-state index is 13.3. The summed E-state index contributed by atoms with van der Waals surface area (Å²) in [6, 6.07) is 18.3. The van der Waals surface area contributed by atoms with Crippen molar-refractivity contribution in [1.29, 1.82) is 0 Å². The largest absolute Gasteiger partial charge is 0.494 e. The minimum Gasteiger partial charge on any atom is -0.494 e. The minimum absolute atomic E-state index is 0.127. The van der Waals surface area contributed by atoms with E-state index in [0.717, 1.165) is 22.0 Å². The molecule has 3 aromatic rings. The van der Waals surface area contributed by atoms with Crippen LogP contribution in [-0.2, 0) is 14.8 Å². The van der Waals surface area contributed by atoms with Gasteiger partial charge in [0.25, 0.3) is 10.0 Å². The Hall–Kier alpha value is -3.59. The molecule has 3 aromatic carbocycles. The number of hydrogen-bond donors (Lipinski definition) is 1. The summed E-state index contributed by atoms with van der Waals surface area (Å²) in [5, 5.41) is 2.68. The SMILES string of the molecule is CCOc1ccc(N(CC(=O)NCCOc2cccc(C)c2)S(=O)(=O)c2ccc(F)cc2)cc1. The molecule has 0 atom stereocenters. The highest BCUT2D eigenvalue weighted by Gasteiger charge is 2.27. The predicted octanol–water partition coefficient (Wildman–Crippen LogP) is 3.92. The lowest BCUT2D eigenvalue weighted by Crippen LogP contribution is -2.41. The molecule has 0 unspecified atom stereocenters. The Balaban J connectivity index is 1.72. The zero-order chi connectivity index (χ0) is 24.6. The summed E-state index contributed by atoms with van der Waals surface area (Å²) in [5.74, 6) is 0.192. The standard InChI is InChI=1S/C25H27FN2O5S/c1-3-32-22-11-9-21(10-12-22)28(34(30,31)24-13-7-20(26)8-14-24)18-25(29)27-15-16-33-23-6-4-5-19(2)17-23/h4-14,17H,3,15-16,18H2,1-2H3,(H,27,29). The highest BCUT2D eigenvalue weighted by molar-refractivity contribution is 7.92. The summed E-state index contributed by atoms with van der Waals surface area (Å²) in [5.41, 5.74) is 1.33. The van der Waals surface area contributed by atoms with Gasteiger partial charge in [-0.05, 0) is 80.1 Å². The van der Waals surface area contributed by atoms with Crippen molar-refractivity contribution in [3.8, 4) is 11.5 Å². The molecule has 0 spiro atoms. The quantitative estimate of drug-likeness (QED) is 0.415. The molecule has 0 fully saturated rings. The van der Waals surface area contributed by atoms with E-state index in [0.29, 0.717) is 18.1 Å². The van der Waals surface area contributed by atoms with E-state index in [9.17, 15) is 17.6 Å². The number of carbonyl (C=O) groups excluding carboxylic acids is 1. The number of sulfonamides is 1. The number of amides is 1. The number of ether oxygens (including phenoxy) is 2. The highest BCUT2D eigenvalue weighted by Crippen LogP contribution is 2.26. The van der Waals surface area contributed by atoms with Crippen LogP contribution in [-0.4, -0.2) is 40.6 Å². The van der Waals surface area contributed by atoms with Gasteiger partial charge in [-0.15, -0.1) is 0 Å². The maximum absolute atomic E-state index is 13.3. The van der Waals surface area contributed by atoms with Gasteiger partial charge in [-0.2, -0.15) is 0 Å². The lowest BCUT2D eigenvalue weighted by atomic mass is 10.2. The Morgan fingerprint density at radius 1 is 0.971 bits per heavy atom. The van der Waals surface area contributed by atoms with E-state index < -0.39 is 28.3 Å². The molecule has 0 aliphatic carbocycles. The zero-order valence-corrected chi connectivity index (χ0v) is 19.8. The number of nitrogens with one attached hydrogen (secondary N) is 1. The highest BCUT2D eigenvalue weighted by atomic mass is 32.2. The fraction of sp³-hybridized carbons (Fsp3) is 0.240.